The number of anilines is 1. The van der Waals surface area contributed by atoms with Crippen LogP contribution in [0.15, 0.2) is 75.8 Å². The van der Waals surface area contributed by atoms with Gasteiger partial charge in [-0.2, -0.15) is 0 Å². The molecule has 2 aromatic carbocycles. The average Bonchev–Trinajstić information content (AvgIpc) is 3.37. The molecule has 0 atom stereocenters. The fourth-order valence-corrected chi connectivity index (χ4v) is 3.23. The third-order valence-electron chi connectivity index (χ3n) is 4.32. The minimum Gasteiger partial charge on any atom is -0.459 e. The van der Waals surface area contributed by atoms with Gasteiger partial charge < -0.3 is 19.6 Å². The van der Waals surface area contributed by atoms with Crippen molar-refractivity contribution in [3.05, 3.63) is 83.0 Å². The summed E-state index contributed by atoms with van der Waals surface area (Å²) in [5.41, 5.74) is 2.28. The molecule has 0 saturated heterocycles. The van der Waals surface area contributed by atoms with Gasteiger partial charge in [-0.1, -0.05) is 28.1 Å². The maximum absolute atomic E-state index is 12.6. The van der Waals surface area contributed by atoms with Crippen LogP contribution in [0.25, 0.3) is 11.0 Å². The number of halogens is 1. The summed E-state index contributed by atoms with van der Waals surface area (Å²) < 4.78 is 7.84. The van der Waals surface area contributed by atoms with Crippen molar-refractivity contribution < 1.29 is 14.0 Å². The Balaban J connectivity index is 1.53. The number of aromatic nitrogens is 2. The van der Waals surface area contributed by atoms with Crippen molar-refractivity contribution in [1.29, 1.82) is 0 Å². The summed E-state index contributed by atoms with van der Waals surface area (Å²) in [5.74, 6) is 0.278. The number of carbonyl (C=O) groups excluding carboxylic acids is 2. The number of amides is 2. The largest absolute Gasteiger partial charge is 0.459 e. The average molecular weight is 453 g/mol. The van der Waals surface area contributed by atoms with Gasteiger partial charge in [-0.15, -0.1) is 0 Å². The first-order valence-corrected chi connectivity index (χ1v) is 9.71. The summed E-state index contributed by atoms with van der Waals surface area (Å²) in [6.07, 6.45) is 1.44. The second-order valence-electron chi connectivity index (χ2n) is 6.32. The standard InChI is InChI=1S/C21H17BrN4O3/c22-14-7-9-15(10-8-14)24-20(27)13-26-17-5-2-1-4-16(17)25-19(26)12-23-21(28)18-6-3-11-29-18/h1-11H,12-13H2,(H,23,28)(H,24,27). The smallest absolute Gasteiger partial charge is 0.287 e. The number of rotatable bonds is 6. The summed E-state index contributed by atoms with van der Waals surface area (Å²) in [6.45, 7) is 0.238. The van der Waals surface area contributed by atoms with Gasteiger partial charge in [0.05, 0.1) is 23.8 Å². The molecule has 2 aromatic heterocycles. The predicted molar refractivity (Wildman–Crippen MR) is 112 cm³/mol. The molecule has 2 N–H and O–H groups in total. The first-order chi connectivity index (χ1) is 14.1. The van der Waals surface area contributed by atoms with Gasteiger partial charge in [-0.3, -0.25) is 9.59 Å². The van der Waals surface area contributed by atoms with Crippen molar-refractivity contribution in [2.24, 2.45) is 0 Å². The van der Waals surface area contributed by atoms with E-state index < -0.39 is 0 Å². The van der Waals surface area contributed by atoms with E-state index in [9.17, 15) is 9.59 Å². The van der Waals surface area contributed by atoms with E-state index in [2.05, 4.69) is 31.5 Å². The Morgan fingerprint density at radius 3 is 2.59 bits per heavy atom. The number of fused-ring (bicyclic) bond motifs is 1. The van der Waals surface area contributed by atoms with Crippen LogP contribution in [0, 0.1) is 0 Å². The lowest BCUT2D eigenvalue weighted by molar-refractivity contribution is -0.116. The van der Waals surface area contributed by atoms with Crippen LogP contribution in [0.2, 0.25) is 0 Å². The lowest BCUT2D eigenvalue weighted by Gasteiger charge is -2.11. The lowest BCUT2D eigenvalue weighted by atomic mass is 10.3. The molecule has 29 heavy (non-hydrogen) atoms. The SMILES string of the molecule is O=C(Cn1c(CNC(=O)c2ccco2)nc2ccccc21)Nc1ccc(Br)cc1. The van der Waals surface area contributed by atoms with Crippen LogP contribution >= 0.6 is 15.9 Å². The highest BCUT2D eigenvalue weighted by molar-refractivity contribution is 9.10. The number of nitrogens with one attached hydrogen (secondary N) is 2. The van der Waals surface area contributed by atoms with Crippen LogP contribution in [-0.4, -0.2) is 21.4 Å². The van der Waals surface area contributed by atoms with Gasteiger partial charge in [0.1, 0.15) is 12.4 Å². The number of hydrogen-bond acceptors (Lipinski definition) is 4. The summed E-state index contributed by atoms with van der Waals surface area (Å²) in [6, 6.07) is 18.1. The number of para-hydroxylation sites is 2. The summed E-state index contributed by atoms with van der Waals surface area (Å²) in [5, 5.41) is 5.65. The number of furan rings is 1. The summed E-state index contributed by atoms with van der Waals surface area (Å²) >= 11 is 3.37. The number of carbonyl (C=O) groups is 2. The molecule has 0 aliphatic heterocycles. The second kappa shape index (κ2) is 8.32. The van der Waals surface area contributed by atoms with E-state index in [1.807, 2.05) is 48.5 Å². The number of hydrogen-bond donors (Lipinski definition) is 2. The Morgan fingerprint density at radius 1 is 1.03 bits per heavy atom. The monoisotopic (exact) mass is 452 g/mol. The Labute approximate surface area is 174 Å². The quantitative estimate of drug-likeness (QED) is 0.463. The third kappa shape index (κ3) is 4.38. The maximum atomic E-state index is 12.6. The molecule has 0 radical (unpaired) electrons. The third-order valence-corrected chi connectivity index (χ3v) is 4.84. The molecule has 2 heterocycles. The zero-order valence-electron chi connectivity index (χ0n) is 15.3. The molecular weight excluding hydrogens is 436 g/mol. The first kappa shape index (κ1) is 18.9. The Morgan fingerprint density at radius 2 is 1.83 bits per heavy atom. The number of nitrogens with zero attached hydrogens (tertiary/aromatic N) is 2. The van der Waals surface area contributed by atoms with Crippen LogP contribution in [0.5, 0.6) is 0 Å². The van der Waals surface area contributed by atoms with E-state index in [0.29, 0.717) is 11.5 Å². The highest BCUT2D eigenvalue weighted by Gasteiger charge is 2.16. The van der Waals surface area contributed by atoms with E-state index in [0.717, 1.165) is 15.5 Å². The van der Waals surface area contributed by atoms with Crippen LogP contribution in [-0.2, 0) is 17.9 Å². The van der Waals surface area contributed by atoms with Crippen molar-refractivity contribution in [3.63, 3.8) is 0 Å². The molecule has 7 nitrogen and oxygen atoms in total. The van der Waals surface area contributed by atoms with Gasteiger partial charge in [0.25, 0.3) is 5.91 Å². The molecule has 0 aliphatic carbocycles. The van der Waals surface area contributed by atoms with Gasteiger partial charge in [0.15, 0.2) is 5.76 Å². The molecule has 2 amide bonds. The molecule has 0 fully saturated rings. The van der Waals surface area contributed by atoms with E-state index in [4.69, 9.17) is 4.42 Å². The molecule has 4 rings (SSSR count). The van der Waals surface area contributed by atoms with Gasteiger partial charge in [0.2, 0.25) is 5.91 Å². The zero-order chi connectivity index (χ0) is 20.2. The van der Waals surface area contributed by atoms with Gasteiger partial charge in [0, 0.05) is 10.2 Å². The lowest BCUT2D eigenvalue weighted by Crippen LogP contribution is -2.26. The Bertz CT molecular complexity index is 1150. The number of imidazole rings is 1. The molecule has 0 saturated carbocycles. The van der Waals surface area contributed by atoms with Crippen LogP contribution < -0.4 is 10.6 Å². The van der Waals surface area contributed by atoms with Crippen molar-refractivity contribution in [2.75, 3.05) is 5.32 Å². The normalized spacial score (nSPS) is 10.8. The maximum Gasteiger partial charge on any atom is 0.287 e. The summed E-state index contributed by atoms with van der Waals surface area (Å²) in [4.78, 5) is 29.4. The Hall–Kier alpha value is -3.39. The number of benzene rings is 2. The molecule has 0 spiro atoms. The molecule has 146 valence electrons. The van der Waals surface area contributed by atoms with Crippen LogP contribution in [0.3, 0.4) is 0 Å². The highest BCUT2D eigenvalue weighted by Crippen LogP contribution is 2.18. The molecule has 0 aliphatic rings. The van der Waals surface area contributed by atoms with E-state index in [-0.39, 0.29) is 30.7 Å². The van der Waals surface area contributed by atoms with Crippen LogP contribution in [0.4, 0.5) is 5.69 Å². The molecule has 0 bridgehead atoms. The fraction of sp³-hybridized carbons (Fsp3) is 0.0952. The van der Waals surface area contributed by atoms with Crippen molar-refractivity contribution >= 4 is 44.5 Å². The van der Waals surface area contributed by atoms with E-state index in [1.54, 1.807) is 16.7 Å². The topological polar surface area (TPSA) is 89.2 Å². The van der Waals surface area contributed by atoms with E-state index >= 15 is 0 Å². The predicted octanol–water partition coefficient (Wildman–Crippen LogP) is 3.96. The molecule has 4 aromatic rings. The molecule has 8 heteroatoms. The molecule has 0 unspecified atom stereocenters. The second-order valence-corrected chi connectivity index (χ2v) is 7.23. The van der Waals surface area contributed by atoms with Crippen molar-refractivity contribution in [3.8, 4) is 0 Å². The first-order valence-electron chi connectivity index (χ1n) is 8.91. The summed E-state index contributed by atoms with van der Waals surface area (Å²) in [7, 11) is 0. The molecular formula is C21H17BrN4O3. The minimum absolute atomic E-state index is 0.0720. The highest BCUT2D eigenvalue weighted by atomic mass is 79.9. The fourth-order valence-electron chi connectivity index (χ4n) is 2.97. The Kier molecular flexibility index (Phi) is 5.44. The zero-order valence-corrected chi connectivity index (χ0v) is 16.8. The van der Waals surface area contributed by atoms with Gasteiger partial charge in [-0.05, 0) is 48.5 Å². The van der Waals surface area contributed by atoms with Gasteiger partial charge in [-0.25, -0.2) is 4.98 Å². The van der Waals surface area contributed by atoms with E-state index in [1.165, 1.54) is 6.26 Å². The minimum atomic E-state index is -0.340. The van der Waals surface area contributed by atoms with Gasteiger partial charge >= 0.3 is 0 Å². The van der Waals surface area contributed by atoms with Crippen LogP contribution in [0.1, 0.15) is 16.4 Å². The van der Waals surface area contributed by atoms with Crippen molar-refractivity contribution in [1.82, 2.24) is 14.9 Å². The van der Waals surface area contributed by atoms with Crippen molar-refractivity contribution in [2.45, 2.75) is 13.1 Å².